The number of methoxy groups -OCH3 is 1. The summed E-state index contributed by atoms with van der Waals surface area (Å²) in [6.07, 6.45) is 3.52. The predicted octanol–water partition coefficient (Wildman–Crippen LogP) is 3.13. The van der Waals surface area contributed by atoms with E-state index in [1.165, 1.54) is 0 Å². The number of nitrogens with one attached hydrogen (secondary N) is 1. The minimum absolute atomic E-state index is 0.483. The number of rotatable bonds is 4. The molecule has 124 valence electrons. The zero-order valence-electron chi connectivity index (χ0n) is 13.5. The van der Waals surface area contributed by atoms with Crippen LogP contribution in [0.15, 0.2) is 60.9 Å². The molecule has 0 spiro atoms. The quantitative estimate of drug-likeness (QED) is 0.558. The van der Waals surface area contributed by atoms with Gasteiger partial charge in [0.2, 0.25) is 11.8 Å². The normalized spacial score (nSPS) is 10.8. The van der Waals surface area contributed by atoms with E-state index in [4.69, 9.17) is 10.5 Å². The van der Waals surface area contributed by atoms with Crippen molar-refractivity contribution in [2.45, 2.75) is 0 Å². The van der Waals surface area contributed by atoms with E-state index in [9.17, 15) is 0 Å². The molecule has 4 rings (SSSR count). The van der Waals surface area contributed by atoms with Crippen LogP contribution in [0.3, 0.4) is 0 Å². The lowest BCUT2D eigenvalue weighted by Crippen LogP contribution is -2.03. The summed E-state index contributed by atoms with van der Waals surface area (Å²) in [5, 5.41) is 7.74. The topological polar surface area (TPSA) is 90.4 Å². The second kappa shape index (κ2) is 6.12. The van der Waals surface area contributed by atoms with Gasteiger partial charge in [-0.15, -0.1) is 5.10 Å². The van der Waals surface area contributed by atoms with E-state index in [-0.39, 0.29) is 0 Å². The highest BCUT2D eigenvalue weighted by Crippen LogP contribution is 2.23. The molecule has 7 heteroatoms. The number of hydrogen-bond donors (Lipinski definition) is 2. The Morgan fingerprint density at radius 2 is 1.96 bits per heavy atom. The summed E-state index contributed by atoms with van der Waals surface area (Å²) in [4.78, 5) is 8.60. The highest BCUT2D eigenvalue weighted by Gasteiger charge is 2.08. The molecule has 4 aromatic rings. The van der Waals surface area contributed by atoms with Gasteiger partial charge >= 0.3 is 0 Å². The molecule has 3 N–H and O–H groups in total. The molecule has 0 aliphatic carbocycles. The van der Waals surface area contributed by atoms with Gasteiger partial charge in [0, 0.05) is 29.2 Å². The second-order valence-electron chi connectivity index (χ2n) is 5.48. The standard InChI is InChI=1S/C18H16N6O/c1-25-17-8-5-12(10-20-17)16-7-6-15-11-21-18(23-24(15)16)22-14-4-2-3-13(19)9-14/h2-11H,19H2,1H3,(H,22,23). The van der Waals surface area contributed by atoms with E-state index in [2.05, 4.69) is 20.4 Å². The molecule has 0 saturated carbocycles. The Bertz CT molecular complexity index is 1030. The Hall–Kier alpha value is -3.61. The van der Waals surface area contributed by atoms with Crippen LogP contribution in [0.4, 0.5) is 17.3 Å². The smallest absolute Gasteiger partial charge is 0.245 e. The summed E-state index contributed by atoms with van der Waals surface area (Å²) >= 11 is 0. The van der Waals surface area contributed by atoms with Crippen molar-refractivity contribution in [2.24, 2.45) is 0 Å². The number of aromatic nitrogens is 4. The van der Waals surface area contributed by atoms with E-state index in [0.29, 0.717) is 17.5 Å². The molecule has 0 aliphatic rings. The van der Waals surface area contributed by atoms with Gasteiger partial charge < -0.3 is 15.8 Å². The Balaban J connectivity index is 1.71. The molecule has 0 fully saturated rings. The molecule has 1 aromatic carbocycles. The molecule has 0 saturated heterocycles. The lowest BCUT2D eigenvalue weighted by atomic mass is 10.2. The first kappa shape index (κ1) is 14.9. The van der Waals surface area contributed by atoms with E-state index in [1.54, 1.807) is 19.5 Å². The summed E-state index contributed by atoms with van der Waals surface area (Å²) in [7, 11) is 1.59. The average Bonchev–Trinajstić information content (AvgIpc) is 3.05. The van der Waals surface area contributed by atoms with Gasteiger partial charge in [-0.1, -0.05) is 6.07 Å². The van der Waals surface area contributed by atoms with Gasteiger partial charge in [0.05, 0.1) is 24.5 Å². The largest absolute Gasteiger partial charge is 0.481 e. The van der Waals surface area contributed by atoms with E-state index >= 15 is 0 Å². The molecule has 0 atom stereocenters. The van der Waals surface area contributed by atoms with E-state index in [1.807, 2.05) is 53.0 Å². The number of hydrogen-bond acceptors (Lipinski definition) is 6. The fourth-order valence-corrected chi connectivity index (χ4v) is 2.58. The van der Waals surface area contributed by atoms with Crippen molar-refractivity contribution in [1.29, 1.82) is 0 Å². The third kappa shape index (κ3) is 2.94. The lowest BCUT2D eigenvalue weighted by Gasteiger charge is -2.07. The first-order valence-corrected chi connectivity index (χ1v) is 7.71. The summed E-state index contributed by atoms with van der Waals surface area (Å²) in [6, 6.07) is 15.2. The maximum absolute atomic E-state index is 5.81. The number of benzene rings is 1. The maximum atomic E-state index is 5.81. The number of anilines is 3. The number of nitrogens with zero attached hydrogens (tertiary/aromatic N) is 4. The molecule has 0 unspecified atom stereocenters. The summed E-state index contributed by atoms with van der Waals surface area (Å²) in [6.45, 7) is 0. The Morgan fingerprint density at radius 1 is 1.04 bits per heavy atom. The molecule has 0 aliphatic heterocycles. The van der Waals surface area contributed by atoms with Gasteiger partial charge in [0.25, 0.3) is 0 Å². The zero-order chi connectivity index (χ0) is 17.2. The maximum Gasteiger partial charge on any atom is 0.245 e. The monoisotopic (exact) mass is 332 g/mol. The van der Waals surface area contributed by atoms with Crippen LogP contribution in [0.25, 0.3) is 16.8 Å². The van der Waals surface area contributed by atoms with Crippen LogP contribution < -0.4 is 15.8 Å². The molecular formula is C18H16N6O. The van der Waals surface area contributed by atoms with E-state index in [0.717, 1.165) is 22.5 Å². The van der Waals surface area contributed by atoms with Crippen LogP contribution >= 0.6 is 0 Å². The lowest BCUT2D eigenvalue weighted by molar-refractivity contribution is 0.398. The minimum Gasteiger partial charge on any atom is -0.481 e. The van der Waals surface area contributed by atoms with E-state index < -0.39 is 0 Å². The highest BCUT2D eigenvalue weighted by molar-refractivity contribution is 5.67. The summed E-state index contributed by atoms with van der Waals surface area (Å²) in [5.74, 6) is 1.06. The molecule has 0 radical (unpaired) electrons. The number of ether oxygens (including phenoxy) is 1. The van der Waals surface area contributed by atoms with Crippen molar-refractivity contribution >= 4 is 22.8 Å². The molecule has 3 heterocycles. The summed E-state index contributed by atoms with van der Waals surface area (Å²) in [5.41, 5.74) is 10.1. The molecule has 0 amide bonds. The van der Waals surface area contributed by atoms with Crippen LogP contribution in [0.5, 0.6) is 5.88 Å². The van der Waals surface area contributed by atoms with Crippen molar-refractivity contribution in [3.63, 3.8) is 0 Å². The predicted molar refractivity (Wildman–Crippen MR) is 96.9 cm³/mol. The number of nitrogens with two attached hydrogens (primary N) is 1. The summed E-state index contributed by atoms with van der Waals surface area (Å²) < 4.78 is 6.93. The number of fused-ring (bicyclic) bond motifs is 1. The first-order valence-electron chi connectivity index (χ1n) is 7.71. The second-order valence-corrected chi connectivity index (χ2v) is 5.48. The molecular weight excluding hydrogens is 316 g/mol. The highest BCUT2D eigenvalue weighted by atomic mass is 16.5. The van der Waals surface area contributed by atoms with Crippen LogP contribution in [-0.4, -0.2) is 26.7 Å². The van der Waals surface area contributed by atoms with Gasteiger partial charge in [0.15, 0.2) is 0 Å². The van der Waals surface area contributed by atoms with Crippen LogP contribution in [0, 0.1) is 0 Å². The SMILES string of the molecule is COc1ccc(-c2ccc3cnc(Nc4cccc(N)c4)nn23)cn1. The number of nitrogen functional groups attached to an aromatic ring is 1. The Kier molecular flexibility index (Phi) is 3.66. The molecule has 25 heavy (non-hydrogen) atoms. The Labute approximate surface area is 144 Å². The van der Waals surface area contributed by atoms with Crippen molar-refractivity contribution in [1.82, 2.24) is 19.6 Å². The van der Waals surface area contributed by atoms with Crippen molar-refractivity contribution in [3.8, 4) is 17.1 Å². The number of pyridine rings is 1. The van der Waals surface area contributed by atoms with Crippen molar-refractivity contribution < 1.29 is 4.74 Å². The van der Waals surface area contributed by atoms with Gasteiger partial charge in [-0.25, -0.2) is 14.5 Å². The van der Waals surface area contributed by atoms with Crippen LogP contribution in [0.2, 0.25) is 0 Å². The van der Waals surface area contributed by atoms with Crippen molar-refractivity contribution in [2.75, 3.05) is 18.2 Å². The first-order chi connectivity index (χ1) is 12.2. The third-order valence-corrected chi connectivity index (χ3v) is 3.78. The molecule has 0 bridgehead atoms. The third-order valence-electron chi connectivity index (χ3n) is 3.78. The van der Waals surface area contributed by atoms with Crippen molar-refractivity contribution in [3.05, 3.63) is 60.9 Å². The Morgan fingerprint density at radius 3 is 2.72 bits per heavy atom. The average molecular weight is 332 g/mol. The minimum atomic E-state index is 0.483. The van der Waals surface area contributed by atoms with Gasteiger partial charge in [-0.05, 0) is 36.4 Å². The fraction of sp³-hybridized carbons (Fsp3) is 0.0556. The fourth-order valence-electron chi connectivity index (χ4n) is 2.58. The molecule has 3 aromatic heterocycles. The van der Waals surface area contributed by atoms with Crippen LogP contribution in [-0.2, 0) is 0 Å². The zero-order valence-corrected chi connectivity index (χ0v) is 13.5. The van der Waals surface area contributed by atoms with Crippen LogP contribution in [0.1, 0.15) is 0 Å². The van der Waals surface area contributed by atoms with Gasteiger partial charge in [0.1, 0.15) is 0 Å². The molecule has 7 nitrogen and oxygen atoms in total. The van der Waals surface area contributed by atoms with Gasteiger partial charge in [-0.2, -0.15) is 0 Å². The van der Waals surface area contributed by atoms with Gasteiger partial charge in [-0.3, -0.25) is 0 Å².